The van der Waals surface area contributed by atoms with Gasteiger partial charge in [-0.05, 0) is 20.8 Å². The Bertz CT molecular complexity index is 291. The molecule has 1 heterocycles. The van der Waals surface area contributed by atoms with E-state index < -0.39 is 17.7 Å². The Balaban J connectivity index is 2.18. The molecule has 0 spiro atoms. The molecule has 0 unspecified atom stereocenters. The van der Waals surface area contributed by atoms with Gasteiger partial charge >= 0.3 is 12.1 Å². The molecule has 1 amide bonds. The molecule has 1 aliphatic rings. The third kappa shape index (κ3) is 6.44. The summed E-state index contributed by atoms with van der Waals surface area (Å²) in [6, 6.07) is 0. The minimum absolute atomic E-state index is 0.127. The van der Waals surface area contributed by atoms with Crippen LogP contribution in [0.25, 0.3) is 0 Å². The molecule has 1 fully saturated rings. The molecular weight excluding hydrogens is 238 g/mol. The summed E-state index contributed by atoms with van der Waals surface area (Å²) in [5.74, 6) is -0.480. The molecule has 6 nitrogen and oxygen atoms in total. The molecule has 104 valence electrons. The smallest absolute Gasteiger partial charge is 0.407 e. The first kappa shape index (κ1) is 14.8. The maximum absolute atomic E-state index is 11.4. The van der Waals surface area contributed by atoms with Crippen LogP contribution >= 0.6 is 0 Å². The topological polar surface area (TPSA) is 73.9 Å². The summed E-state index contributed by atoms with van der Waals surface area (Å²) >= 11 is 0. The minimum atomic E-state index is -0.590. The largest absolute Gasteiger partial charge is 0.459 e. The molecule has 0 aromatic rings. The number of nitrogens with one attached hydrogen (secondary N) is 1. The quantitative estimate of drug-likeness (QED) is 0.772. The zero-order valence-electron chi connectivity index (χ0n) is 11.2. The highest BCUT2D eigenvalue weighted by atomic mass is 16.6. The molecule has 0 aromatic carbocycles. The van der Waals surface area contributed by atoms with Crippen LogP contribution in [-0.4, -0.2) is 43.5 Å². The van der Waals surface area contributed by atoms with Gasteiger partial charge in [-0.3, -0.25) is 4.79 Å². The molecule has 1 aliphatic heterocycles. The van der Waals surface area contributed by atoms with Crippen LogP contribution in [0.1, 0.15) is 33.6 Å². The average Bonchev–Trinajstić information content (AvgIpc) is 2.25. The summed E-state index contributed by atoms with van der Waals surface area (Å²) in [5, 5.41) is 2.38. The van der Waals surface area contributed by atoms with Crippen LogP contribution in [0.4, 0.5) is 4.79 Å². The number of hydrogen-bond donors (Lipinski definition) is 1. The second-order valence-corrected chi connectivity index (χ2v) is 5.16. The molecule has 1 rings (SSSR count). The van der Waals surface area contributed by atoms with Crippen molar-refractivity contribution in [3.63, 3.8) is 0 Å². The van der Waals surface area contributed by atoms with Crippen LogP contribution in [-0.2, 0) is 19.0 Å². The minimum Gasteiger partial charge on any atom is -0.459 e. The molecular formula is C12H21NO5. The van der Waals surface area contributed by atoms with Gasteiger partial charge in [0.2, 0.25) is 0 Å². The fourth-order valence-corrected chi connectivity index (χ4v) is 1.51. The van der Waals surface area contributed by atoms with Crippen molar-refractivity contribution < 1.29 is 23.8 Å². The Hall–Kier alpha value is -1.30. The van der Waals surface area contributed by atoms with Crippen LogP contribution in [0.2, 0.25) is 0 Å². The number of esters is 1. The van der Waals surface area contributed by atoms with E-state index >= 15 is 0 Å². The van der Waals surface area contributed by atoms with Gasteiger partial charge in [-0.2, -0.15) is 0 Å². The van der Waals surface area contributed by atoms with E-state index in [-0.39, 0.29) is 12.6 Å². The highest BCUT2D eigenvalue weighted by Gasteiger charge is 2.20. The number of ether oxygens (including phenoxy) is 3. The lowest BCUT2D eigenvalue weighted by Crippen LogP contribution is -2.37. The fourth-order valence-electron chi connectivity index (χ4n) is 1.51. The molecule has 0 aliphatic carbocycles. The molecule has 0 bridgehead atoms. The number of carbonyl (C=O) groups is 2. The summed E-state index contributed by atoms with van der Waals surface area (Å²) < 4.78 is 15.3. The molecule has 18 heavy (non-hydrogen) atoms. The Labute approximate surface area is 107 Å². The van der Waals surface area contributed by atoms with E-state index in [4.69, 9.17) is 14.2 Å². The SMILES string of the molecule is CC(C)(C)OC(=O)CNC(=O)OC1CCOCC1. The first-order valence-electron chi connectivity index (χ1n) is 6.11. The van der Waals surface area contributed by atoms with Crippen molar-refractivity contribution in [2.24, 2.45) is 0 Å². The van der Waals surface area contributed by atoms with Gasteiger partial charge in [0.25, 0.3) is 0 Å². The van der Waals surface area contributed by atoms with Crippen molar-refractivity contribution in [2.75, 3.05) is 19.8 Å². The van der Waals surface area contributed by atoms with Gasteiger partial charge < -0.3 is 19.5 Å². The van der Waals surface area contributed by atoms with Gasteiger partial charge in [0.05, 0.1) is 13.2 Å². The van der Waals surface area contributed by atoms with Crippen LogP contribution in [0, 0.1) is 0 Å². The summed E-state index contributed by atoms with van der Waals surface area (Å²) in [6.45, 7) is 6.33. The normalized spacial score (nSPS) is 17.1. The van der Waals surface area contributed by atoms with Crippen LogP contribution in [0.3, 0.4) is 0 Å². The number of amides is 1. The lowest BCUT2D eigenvalue weighted by Gasteiger charge is -2.22. The molecule has 0 saturated carbocycles. The molecule has 1 N–H and O–H groups in total. The van der Waals surface area contributed by atoms with E-state index in [0.717, 1.165) is 0 Å². The van der Waals surface area contributed by atoms with E-state index in [0.29, 0.717) is 26.1 Å². The summed E-state index contributed by atoms with van der Waals surface area (Å²) in [6.07, 6.45) is 0.671. The van der Waals surface area contributed by atoms with Gasteiger partial charge in [0.1, 0.15) is 18.2 Å². The molecule has 0 aromatic heterocycles. The van der Waals surface area contributed by atoms with E-state index in [2.05, 4.69) is 5.32 Å². The first-order chi connectivity index (χ1) is 8.37. The average molecular weight is 259 g/mol. The third-order valence-corrected chi connectivity index (χ3v) is 2.24. The van der Waals surface area contributed by atoms with E-state index in [1.807, 2.05) is 0 Å². The summed E-state index contributed by atoms with van der Waals surface area (Å²) in [5.41, 5.74) is -0.552. The Morgan fingerprint density at radius 1 is 1.28 bits per heavy atom. The maximum Gasteiger partial charge on any atom is 0.407 e. The predicted molar refractivity (Wildman–Crippen MR) is 64.2 cm³/mol. The van der Waals surface area contributed by atoms with Crippen molar-refractivity contribution in [2.45, 2.75) is 45.3 Å². The maximum atomic E-state index is 11.4. The van der Waals surface area contributed by atoms with E-state index in [9.17, 15) is 9.59 Å². The zero-order chi connectivity index (χ0) is 13.6. The Morgan fingerprint density at radius 3 is 2.44 bits per heavy atom. The van der Waals surface area contributed by atoms with E-state index in [1.54, 1.807) is 20.8 Å². The van der Waals surface area contributed by atoms with Crippen molar-refractivity contribution in [1.29, 1.82) is 0 Å². The predicted octanol–water partition coefficient (Wildman–Crippen LogP) is 1.23. The van der Waals surface area contributed by atoms with Crippen molar-refractivity contribution in [3.05, 3.63) is 0 Å². The summed E-state index contributed by atoms with van der Waals surface area (Å²) in [7, 11) is 0. The second kappa shape index (κ2) is 6.58. The number of rotatable bonds is 3. The first-order valence-corrected chi connectivity index (χ1v) is 6.11. The van der Waals surface area contributed by atoms with Crippen molar-refractivity contribution in [3.8, 4) is 0 Å². The van der Waals surface area contributed by atoms with Gasteiger partial charge in [-0.15, -0.1) is 0 Å². The van der Waals surface area contributed by atoms with Crippen LogP contribution in [0.15, 0.2) is 0 Å². The molecule has 1 saturated heterocycles. The second-order valence-electron chi connectivity index (χ2n) is 5.16. The standard InChI is InChI=1S/C12H21NO5/c1-12(2,3)18-10(14)8-13-11(15)17-9-4-6-16-7-5-9/h9H,4-8H2,1-3H3,(H,13,15). The van der Waals surface area contributed by atoms with Gasteiger partial charge in [-0.25, -0.2) is 4.79 Å². The van der Waals surface area contributed by atoms with Gasteiger partial charge in [-0.1, -0.05) is 0 Å². The Kier molecular flexibility index (Phi) is 5.40. The molecule has 0 radical (unpaired) electrons. The Morgan fingerprint density at radius 2 is 1.89 bits per heavy atom. The lowest BCUT2D eigenvalue weighted by atomic mass is 10.2. The zero-order valence-corrected chi connectivity index (χ0v) is 11.2. The highest BCUT2D eigenvalue weighted by molar-refractivity contribution is 5.78. The monoisotopic (exact) mass is 259 g/mol. The van der Waals surface area contributed by atoms with Crippen LogP contribution < -0.4 is 5.32 Å². The van der Waals surface area contributed by atoms with Crippen molar-refractivity contribution >= 4 is 12.1 Å². The number of carbonyl (C=O) groups excluding carboxylic acids is 2. The summed E-state index contributed by atoms with van der Waals surface area (Å²) in [4.78, 5) is 22.7. The van der Waals surface area contributed by atoms with Gasteiger partial charge in [0.15, 0.2) is 0 Å². The van der Waals surface area contributed by atoms with Gasteiger partial charge in [0, 0.05) is 12.8 Å². The number of hydrogen-bond acceptors (Lipinski definition) is 5. The van der Waals surface area contributed by atoms with Crippen LogP contribution in [0.5, 0.6) is 0 Å². The van der Waals surface area contributed by atoms with E-state index in [1.165, 1.54) is 0 Å². The number of alkyl carbamates (subject to hydrolysis) is 1. The molecule has 0 atom stereocenters. The third-order valence-electron chi connectivity index (χ3n) is 2.24. The lowest BCUT2D eigenvalue weighted by molar-refractivity contribution is -0.153. The van der Waals surface area contributed by atoms with Crippen molar-refractivity contribution in [1.82, 2.24) is 5.32 Å². The highest BCUT2D eigenvalue weighted by Crippen LogP contribution is 2.10. The molecule has 6 heteroatoms. The fraction of sp³-hybridized carbons (Fsp3) is 0.833.